The molecule has 0 saturated carbocycles. The smallest absolute Gasteiger partial charge is 0.389 e. The molecule has 0 aromatic rings. The number of hydrogen-bond acceptors (Lipinski definition) is 2. The van der Waals surface area contributed by atoms with Crippen molar-refractivity contribution in [3.8, 4) is 0 Å². The lowest BCUT2D eigenvalue weighted by Gasteiger charge is -2.26. The normalized spacial score (nSPS) is 15.2. The van der Waals surface area contributed by atoms with E-state index in [1.807, 2.05) is 27.7 Å². The molecule has 0 amide bonds. The van der Waals surface area contributed by atoms with Crippen LogP contribution in [0.25, 0.3) is 0 Å². The minimum absolute atomic E-state index is 0.0916. The second kappa shape index (κ2) is 6.61. The highest BCUT2D eigenvalue weighted by Gasteiger charge is 2.36. The average molecular weight is 258 g/mol. The van der Waals surface area contributed by atoms with Crippen molar-refractivity contribution in [2.75, 3.05) is 0 Å². The van der Waals surface area contributed by atoms with Gasteiger partial charge in [0.25, 0.3) is 0 Å². The van der Waals surface area contributed by atoms with Gasteiger partial charge in [0.2, 0.25) is 0 Å². The van der Waals surface area contributed by atoms with E-state index in [9.17, 15) is 13.2 Å². The Hall–Kier alpha value is -0.0731. The molecule has 0 N–H and O–H groups in total. The number of hydrogen-bond donors (Lipinski definition) is 0. The number of rotatable bonds is 6. The van der Waals surface area contributed by atoms with E-state index < -0.39 is 27.4 Å². The third kappa shape index (κ3) is 8.12. The molecule has 0 saturated heterocycles. The Balaban J connectivity index is 4.37. The maximum absolute atomic E-state index is 12.3. The van der Waals surface area contributed by atoms with Gasteiger partial charge >= 0.3 is 15.5 Å². The molecule has 0 rings (SSSR count). The van der Waals surface area contributed by atoms with Crippen LogP contribution in [-0.2, 0) is 8.85 Å². The Morgan fingerprint density at radius 3 is 1.56 bits per heavy atom. The summed E-state index contributed by atoms with van der Waals surface area (Å²) in [5.74, 6) is 0. The lowest BCUT2D eigenvalue weighted by Crippen LogP contribution is -2.35. The Morgan fingerprint density at radius 1 is 0.938 bits per heavy atom. The van der Waals surface area contributed by atoms with Gasteiger partial charge in [-0.1, -0.05) is 6.92 Å². The van der Waals surface area contributed by atoms with Crippen molar-refractivity contribution in [3.63, 3.8) is 0 Å². The van der Waals surface area contributed by atoms with Gasteiger partial charge in [-0.2, -0.15) is 13.2 Å². The zero-order chi connectivity index (χ0) is 12.9. The van der Waals surface area contributed by atoms with E-state index in [1.165, 1.54) is 0 Å². The maximum Gasteiger partial charge on any atom is 0.389 e. The summed E-state index contributed by atoms with van der Waals surface area (Å²) in [5, 5.41) is 0. The molecular formula is C10H21F3O2Si. The molecule has 0 aliphatic carbocycles. The van der Waals surface area contributed by atoms with Crippen LogP contribution in [0, 0.1) is 0 Å². The summed E-state index contributed by atoms with van der Waals surface area (Å²) in [7, 11) is -2.26. The molecule has 0 bridgehead atoms. The molecule has 0 aromatic carbocycles. The lowest BCUT2D eigenvalue weighted by molar-refractivity contribution is -0.136. The molecule has 1 atom stereocenters. The van der Waals surface area contributed by atoms with E-state index in [1.54, 1.807) is 6.92 Å². The van der Waals surface area contributed by atoms with Crippen molar-refractivity contribution in [2.45, 2.75) is 65.0 Å². The number of alkyl halides is 3. The molecule has 0 aliphatic heterocycles. The minimum atomic E-state index is -4.15. The van der Waals surface area contributed by atoms with Crippen LogP contribution in [-0.4, -0.2) is 27.7 Å². The van der Waals surface area contributed by atoms with Crippen LogP contribution in [0.2, 0.25) is 5.54 Å². The first kappa shape index (κ1) is 15.9. The van der Waals surface area contributed by atoms with Crippen LogP contribution in [0.1, 0.15) is 41.0 Å². The molecule has 6 heteroatoms. The van der Waals surface area contributed by atoms with Gasteiger partial charge in [-0.25, -0.2) is 0 Å². The minimum Gasteiger partial charge on any atom is -0.394 e. The molecule has 0 aromatic heterocycles. The molecular weight excluding hydrogens is 237 g/mol. The third-order valence-electron chi connectivity index (χ3n) is 1.83. The van der Waals surface area contributed by atoms with E-state index >= 15 is 0 Å². The van der Waals surface area contributed by atoms with Gasteiger partial charge in [-0.3, -0.25) is 0 Å². The van der Waals surface area contributed by atoms with E-state index in [-0.39, 0.29) is 12.2 Å². The third-order valence-corrected chi connectivity index (χ3v) is 4.62. The van der Waals surface area contributed by atoms with Gasteiger partial charge in [0, 0.05) is 24.2 Å². The summed E-state index contributed by atoms with van der Waals surface area (Å²) in [6, 6.07) is 0. The van der Waals surface area contributed by atoms with Crippen molar-refractivity contribution in [3.05, 3.63) is 0 Å². The van der Waals surface area contributed by atoms with Crippen LogP contribution in [0.4, 0.5) is 13.2 Å². The molecule has 0 radical (unpaired) electrons. The van der Waals surface area contributed by atoms with Crippen LogP contribution < -0.4 is 0 Å². The summed E-state index contributed by atoms with van der Waals surface area (Å²) in [6.45, 7) is 8.79. The quantitative estimate of drug-likeness (QED) is 0.680. The fourth-order valence-corrected chi connectivity index (χ4v) is 3.43. The topological polar surface area (TPSA) is 18.5 Å². The monoisotopic (exact) mass is 258 g/mol. The summed E-state index contributed by atoms with van der Waals surface area (Å²) in [4.78, 5) is 0. The Labute approximate surface area is 97.0 Å². The van der Waals surface area contributed by atoms with Crippen molar-refractivity contribution in [1.82, 2.24) is 0 Å². The molecule has 0 aliphatic rings. The van der Waals surface area contributed by atoms with Crippen LogP contribution in [0.5, 0.6) is 0 Å². The van der Waals surface area contributed by atoms with E-state index in [0.717, 1.165) is 0 Å². The summed E-state index contributed by atoms with van der Waals surface area (Å²) >= 11 is 0. The van der Waals surface area contributed by atoms with E-state index in [0.29, 0.717) is 0 Å². The fraction of sp³-hybridized carbons (Fsp3) is 1.00. The second-order valence-corrected chi connectivity index (χ2v) is 6.95. The lowest BCUT2D eigenvalue weighted by atomic mass is 10.3. The first-order valence-electron chi connectivity index (χ1n) is 5.49. The van der Waals surface area contributed by atoms with Gasteiger partial charge in [0.15, 0.2) is 0 Å². The second-order valence-electron chi connectivity index (χ2n) is 4.53. The van der Waals surface area contributed by atoms with Gasteiger partial charge < -0.3 is 8.85 Å². The predicted molar refractivity (Wildman–Crippen MR) is 59.7 cm³/mol. The molecule has 0 fully saturated rings. The SMILES string of the molecule is CC(C)O[SiH](OC(C)C)C(C)CC(F)(F)F. The van der Waals surface area contributed by atoms with Gasteiger partial charge in [0.1, 0.15) is 0 Å². The van der Waals surface area contributed by atoms with Crippen molar-refractivity contribution < 1.29 is 22.0 Å². The zero-order valence-electron chi connectivity index (χ0n) is 10.5. The van der Waals surface area contributed by atoms with Gasteiger partial charge in [-0.05, 0) is 27.7 Å². The molecule has 1 unspecified atom stereocenters. The standard InChI is InChI=1S/C10H21F3O2Si/c1-7(2)14-16(15-8(3)4)9(5)6-10(11,12)13/h7-9,16H,6H2,1-5H3. The molecule has 2 nitrogen and oxygen atoms in total. The maximum atomic E-state index is 12.3. The van der Waals surface area contributed by atoms with Gasteiger partial charge in [0.05, 0.1) is 0 Å². The fourth-order valence-electron chi connectivity index (χ4n) is 1.30. The highest BCUT2D eigenvalue weighted by atomic mass is 28.3. The summed E-state index contributed by atoms with van der Waals surface area (Å²) in [5.41, 5.74) is -0.565. The van der Waals surface area contributed by atoms with Crippen molar-refractivity contribution >= 4 is 9.28 Å². The van der Waals surface area contributed by atoms with Gasteiger partial charge in [-0.15, -0.1) is 0 Å². The van der Waals surface area contributed by atoms with E-state index in [4.69, 9.17) is 8.85 Å². The van der Waals surface area contributed by atoms with Crippen LogP contribution in [0.15, 0.2) is 0 Å². The molecule has 16 heavy (non-hydrogen) atoms. The number of halogens is 3. The molecule has 0 heterocycles. The largest absolute Gasteiger partial charge is 0.394 e. The zero-order valence-corrected chi connectivity index (χ0v) is 11.6. The highest BCUT2D eigenvalue weighted by molar-refractivity contribution is 6.46. The predicted octanol–water partition coefficient (Wildman–Crippen LogP) is 3.40. The summed E-state index contributed by atoms with van der Waals surface area (Å²) in [6.07, 6.45) is -5.16. The van der Waals surface area contributed by atoms with E-state index in [2.05, 4.69) is 0 Å². The van der Waals surface area contributed by atoms with Crippen molar-refractivity contribution in [1.29, 1.82) is 0 Å². The Bertz CT molecular complexity index is 185. The average Bonchev–Trinajstić information content (AvgIpc) is 1.97. The summed E-state index contributed by atoms with van der Waals surface area (Å²) < 4.78 is 47.7. The Morgan fingerprint density at radius 2 is 1.31 bits per heavy atom. The van der Waals surface area contributed by atoms with Crippen molar-refractivity contribution in [2.24, 2.45) is 0 Å². The first-order valence-corrected chi connectivity index (χ1v) is 7.10. The molecule has 98 valence electrons. The molecule has 0 spiro atoms. The highest BCUT2D eigenvalue weighted by Crippen LogP contribution is 2.30. The Kier molecular flexibility index (Phi) is 6.58. The van der Waals surface area contributed by atoms with Crippen LogP contribution >= 0.6 is 0 Å². The van der Waals surface area contributed by atoms with Crippen LogP contribution in [0.3, 0.4) is 0 Å². The first-order chi connectivity index (χ1) is 7.11.